The van der Waals surface area contributed by atoms with Gasteiger partial charge < -0.3 is 0 Å². The minimum atomic E-state index is -3.95. The van der Waals surface area contributed by atoms with Crippen molar-refractivity contribution in [3.05, 3.63) is 36.5 Å². The summed E-state index contributed by atoms with van der Waals surface area (Å²) in [6.45, 7) is 5.15. The van der Waals surface area contributed by atoms with Crippen molar-refractivity contribution in [1.29, 1.82) is 0 Å². The number of Topliss-reactive ketones (excluding diaryl/α,β-unsaturated/α-hetero) is 2. The molecule has 34 heavy (non-hydrogen) atoms. The van der Waals surface area contributed by atoms with E-state index in [0.717, 1.165) is 37.5 Å². The number of sulfonamides is 1. The van der Waals surface area contributed by atoms with E-state index in [2.05, 4.69) is 4.98 Å². The fourth-order valence-corrected chi connectivity index (χ4v) is 8.93. The average Bonchev–Trinajstić information content (AvgIpc) is 2.79. The molecule has 0 amide bonds. The zero-order valence-electron chi connectivity index (χ0n) is 20.5. The molecule has 6 nitrogen and oxygen atoms in total. The number of fused-ring (bicyclic) bond motifs is 1. The van der Waals surface area contributed by atoms with Gasteiger partial charge in [-0.05, 0) is 88.7 Å². The van der Waals surface area contributed by atoms with E-state index >= 15 is 0 Å². The second kappa shape index (κ2) is 7.95. The molecule has 7 heteroatoms. The Hall–Kier alpha value is -2.12. The minimum Gasteiger partial charge on any atom is -0.299 e. The highest BCUT2D eigenvalue weighted by atomic mass is 32.2. The van der Waals surface area contributed by atoms with E-state index in [0.29, 0.717) is 35.5 Å². The van der Waals surface area contributed by atoms with Gasteiger partial charge in [0.05, 0.1) is 11.1 Å². The van der Waals surface area contributed by atoms with Crippen LogP contribution in [0.2, 0.25) is 0 Å². The molecule has 0 radical (unpaired) electrons. The van der Waals surface area contributed by atoms with Crippen molar-refractivity contribution < 1.29 is 18.0 Å². The maximum Gasteiger partial charge on any atom is 0.245 e. The van der Waals surface area contributed by atoms with E-state index in [1.807, 2.05) is 12.1 Å². The molecule has 1 aromatic carbocycles. The highest BCUT2D eigenvalue weighted by Gasteiger charge is 2.57. The number of para-hydroxylation sites is 1. The van der Waals surface area contributed by atoms with Crippen molar-refractivity contribution in [2.75, 3.05) is 7.05 Å². The van der Waals surface area contributed by atoms with Crippen LogP contribution in [0.1, 0.15) is 59.3 Å². The molecule has 0 spiro atoms. The number of rotatable bonds is 7. The molecule has 4 bridgehead atoms. The Morgan fingerprint density at radius 2 is 1.74 bits per heavy atom. The Morgan fingerprint density at radius 1 is 1.09 bits per heavy atom. The van der Waals surface area contributed by atoms with Crippen molar-refractivity contribution in [2.45, 2.75) is 69.7 Å². The molecule has 1 heterocycles. The number of hydrogen-bond donors (Lipinski definition) is 0. The summed E-state index contributed by atoms with van der Waals surface area (Å²) < 4.78 is 28.5. The lowest BCUT2D eigenvalue weighted by Crippen LogP contribution is -2.56. The maximum atomic E-state index is 13.7. The van der Waals surface area contributed by atoms with Crippen LogP contribution in [0.5, 0.6) is 0 Å². The van der Waals surface area contributed by atoms with Crippen molar-refractivity contribution in [3.8, 4) is 0 Å². The highest BCUT2D eigenvalue weighted by molar-refractivity contribution is 7.89. The largest absolute Gasteiger partial charge is 0.299 e. The number of ketones is 2. The Kier molecular flexibility index (Phi) is 5.52. The number of nitrogens with zero attached hydrogens (tertiary/aromatic N) is 2. The van der Waals surface area contributed by atoms with Crippen LogP contribution in [0.3, 0.4) is 0 Å². The molecule has 0 aliphatic heterocycles. The number of benzene rings is 1. The van der Waals surface area contributed by atoms with Crippen LogP contribution >= 0.6 is 0 Å². The number of carbonyl (C=O) groups excluding carboxylic acids is 2. The van der Waals surface area contributed by atoms with E-state index in [9.17, 15) is 18.0 Å². The smallest absolute Gasteiger partial charge is 0.245 e. The first-order chi connectivity index (χ1) is 16.0. The summed E-state index contributed by atoms with van der Waals surface area (Å²) in [5, 5.41) is 0.745. The van der Waals surface area contributed by atoms with Crippen LogP contribution in [-0.4, -0.2) is 41.9 Å². The van der Waals surface area contributed by atoms with Crippen LogP contribution in [0, 0.1) is 29.1 Å². The van der Waals surface area contributed by atoms with Crippen LogP contribution in [-0.2, 0) is 19.6 Å². The first kappa shape index (κ1) is 23.6. The van der Waals surface area contributed by atoms with Gasteiger partial charge in [0.15, 0.2) is 5.78 Å². The van der Waals surface area contributed by atoms with E-state index in [1.54, 1.807) is 45.2 Å². The lowest BCUT2D eigenvalue weighted by Gasteiger charge is -2.59. The molecular formula is C27H34N2O4S. The fourth-order valence-electron chi connectivity index (χ4n) is 7.27. The molecule has 2 aromatic rings. The Labute approximate surface area is 202 Å². The summed E-state index contributed by atoms with van der Waals surface area (Å²) in [7, 11) is -2.45. The molecule has 0 N–H and O–H groups in total. The van der Waals surface area contributed by atoms with Gasteiger partial charge in [-0.3, -0.25) is 14.6 Å². The van der Waals surface area contributed by atoms with E-state index in [-0.39, 0.29) is 22.0 Å². The predicted molar refractivity (Wildman–Crippen MR) is 131 cm³/mol. The molecule has 4 aliphatic carbocycles. The third kappa shape index (κ3) is 3.54. The molecule has 4 aliphatic rings. The molecule has 2 atom stereocenters. The van der Waals surface area contributed by atoms with Crippen LogP contribution in [0.25, 0.3) is 10.9 Å². The summed E-state index contributed by atoms with van der Waals surface area (Å²) in [6.07, 6.45) is 6.95. The molecule has 0 saturated heterocycles. The molecule has 2 unspecified atom stereocenters. The second-order valence-corrected chi connectivity index (χ2v) is 13.4. The number of carbonyl (C=O) groups is 2. The summed E-state index contributed by atoms with van der Waals surface area (Å²) in [6, 6.07) is 8.70. The van der Waals surface area contributed by atoms with Crippen molar-refractivity contribution in [2.24, 2.45) is 29.1 Å². The maximum absolute atomic E-state index is 13.7. The van der Waals surface area contributed by atoms with Gasteiger partial charge in [0.2, 0.25) is 10.0 Å². The van der Waals surface area contributed by atoms with Gasteiger partial charge in [0.1, 0.15) is 10.7 Å². The van der Waals surface area contributed by atoms with E-state index in [4.69, 9.17) is 0 Å². The number of hydrogen-bond acceptors (Lipinski definition) is 5. The zero-order valence-corrected chi connectivity index (χ0v) is 21.3. The standard InChI is InChI=1S/C27H34N2O4S/c1-17(30)27-14-18-11-20(15-27)22(21(12-18)16-27)13-24(31)26(2,3)29(4)34(32,33)23-9-5-7-19-8-6-10-28-25(19)23/h5-10,18,20-22H,11-16H2,1-4H3. The van der Waals surface area contributed by atoms with Crippen LogP contribution in [0.4, 0.5) is 0 Å². The van der Waals surface area contributed by atoms with Gasteiger partial charge in [-0.15, -0.1) is 0 Å². The molecule has 4 fully saturated rings. The second-order valence-electron chi connectivity index (χ2n) is 11.5. The monoisotopic (exact) mass is 482 g/mol. The van der Waals surface area contributed by atoms with Gasteiger partial charge in [-0.1, -0.05) is 18.2 Å². The number of aromatic nitrogens is 1. The predicted octanol–water partition coefficient (Wildman–Crippen LogP) is 4.62. The molecule has 1 aromatic heterocycles. The van der Waals surface area contributed by atoms with E-state index in [1.165, 1.54) is 11.4 Å². The quantitative estimate of drug-likeness (QED) is 0.575. The molecular weight excluding hydrogens is 448 g/mol. The van der Waals surface area contributed by atoms with E-state index < -0.39 is 15.6 Å². The minimum absolute atomic E-state index is 0.0545. The molecule has 4 saturated carbocycles. The van der Waals surface area contributed by atoms with Gasteiger partial charge in [-0.25, -0.2) is 8.42 Å². The fraction of sp³-hybridized carbons (Fsp3) is 0.593. The highest BCUT2D eigenvalue weighted by Crippen LogP contribution is 2.63. The van der Waals surface area contributed by atoms with Crippen molar-refractivity contribution in [1.82, 2.24) is 9.29 Å². The molecule has 182 valence electrons. The summed E-state index contributed by atoms with van der Waals surface area (Å²) in [5.41, 5.74) is -0.953. The summed E-state index contributed by atoms with van der Waals surface area (Å²) >= 11 is 0. The Balaban J connectivity index is 1.39. The van der Waals surface area contributed by atoms with Gasteiger partial charge in [0, 0.05) is 30.5 Å². The SMILES string of the molecule is CC(=O)C12CC3CC(C1)C(CC(=O)C(C)(C)N(C)S(=O)(=O)c1cccc4cccnc14)C(C3)C2. The van der Waals surface area contributed by atoms with Crippen molar-refractivity contribution >= 4 is 32.5 Å². The van der Waals surface area contributed by atoms with Crippen LogP contribution < -0.4 is 0 Å². The normalized spacial score (nSPS) is 30.7. The van der Waals surface area contributed by atoms with Gasteiger partial charge in [0.25, 0.3) is 0 Å². The summed E-state index contributed by atoms with van der Waals surface area (Å²) in [4.78, 5) is 30.6. The van der Waals surface area contributed by atoms with Crippen LogP contribution in [0.15, 0.2) is 41.4 Å². The lowest BCUT2D eigenvalue weighted by atomic mass is 9.44. The van der Waals surface area contributed by atoms with Gasteiger partial charge in [-0.2, -0.15) is 4.31 Å². The lowest BCUT2D eigenvalue weighted by molar-refractivity contribution is -0.151. The number of likely N-dealkylation sites (N-methyl/N-ethyl adjacent to an activating group) is 1. The topological polar surface area (TPSA) is 84.4 Å². The third-order valence-electron chi connectivity index (χ3n) is 9.34. The van der Waals surface area contributed by atoms with Gasteiger partial charge >= 0.3 is 0 Å². The number of pyridine rings is 1. The Bertz CT molecular complexity index is 1250. The zero-order chi connectivity index (χ0) is 24.5. The average molecular weight is 483 g/mol. The third-order valence-corrected chi connectivity index (χ3v) is 11.4. The molecule has 6 rings (SSSR count). The first-order valence-corrected chi connectivity index (χ1v) is 13.8. The Morgan fingerprint density at radius 3 is 2.38 bits per heavy atom. The van der Waals surface area contributed by atoms with Crippen molar-refractivity contribution in [3.63, 3.8) is 0 Å². The first-order valence-electron chi connectivity index (χ1n) is 12.3. The summed E-state index contributed by atoms with van der Waals surface area (Å²) in [5.74, 6) is 1.87.